The number of piperazine rings is 1. The summed E-state index contributed by atoms with van der Waals surface area (Å²) in [4.78, 5) is 13.9. The summed E-state index contributed by atoms with van der Waals surface area (Å²) in [6.07, 6.45) is 0.975. The Morgan fingerprint density at radius 1 is 1.21 bits per heavy atom. The summed E-state index contributed by atoms with van der Waals surface area (Å²) in [7, 11) is -3.16. The molecule has 2 rings (SSSR count). The molecule has 0 saturated carbocycles. The van der Waals surface area contributed by atoms with E-state index in [1.165, 1.54) is 4.31 Å². The van der Waals surface area contributed by atoms with Crippen LogP contribution in [0.15, 0.2) is 24.3 Å². The lowest BCUT2D eigenvalue weighted by atomic mass is 10.2. The first-order chi connectivity index (χ1) is 11.4. The van der Waals surface area contributed by atoms with Crippen LogP contribution in [0.5, 0.6) is 5.75 Å². The van der Waals surface area contributed by atoms with Crippen molar-refractivity contribution in [2.75, 3.05) is 38.5 Å². The van der Waals surface area contributed by atoms with Crippen molar-refractivity contribution in [1.29, 1.82) is 0 Å². The molecule has 1 amide bonds. The van der Waals surface area contributed by atoms with Crippen molar-refractivity contribution in [1.82, 2.24) is 9.21 Å². The van der Waals surface area contributed by atoms with E-state index >= 15 is 0 Å². The van der Waals surface area contributed by atoms with Crippen LogP contribution < -0.4 is 4.74 Å². The number of rotatable bonds is 7. The molecule has 0 atom stereocenters. The lowest BCUT2D eigenvalue weighted by Gasteiger charge is -2.33. The van der Waals surface area contributed by atoms with Gasteiger partial charge in [-0.15, -0.1) is 0 Å². The predicted octanol–water partition coefficient (Wildman–Crippen LogP) is 1.99. The smallest absolute Gasteiger partial charge is 0.222 e. The average molecular weight is 375 g/mol. The fourth-order valence-corrected chi connectivity index (χ4v) is 3.80. The minimum atomic E-state index is -3.16. The van der Waals surface area contributed by atoms with E-state index in [0.717, 1.165) is 0 Å². The Labute approximate surface area is 148 Å². The molecule has 1 heterocycles. The van der Waals surface area contributed by atoms with Gasteiger partial charge in [0.2, 0.25) is 15.9 Å². The summed E-state index contributed by atoms with van der Waals surface area (Å²) >= 11 is 6.00. The standard InChI is InChI=1S/C16H23ClN2O4S/c1-2-24(21,22)19-11-9-18(10-12-19)16(20)8-5-13-23-15-7-4-3-6-14(15)17/h3-4,6-7H,2,5,8-13H2,1H3. The van der Waals surface area contributed by atoms with E-state index in [9.17, 15) is 13.2 Å². The molecule has 0 radical (unpaired) electrons. The molecule has 0 unspecified atom stereocenters. The summed E-state index contributed by atoms with van der Waals surface area (Å²) in [5.74, 6) is 0.747. The summed E-state index contributed by atoms with van der Waals surface area (Å²) in [5, 5.41) is 0.553. The third kappa shape index (κ3) is 5.09. The van der Waals surface area contributed by atoms with Crippen molar-refractivity contribution in [3.05, 3.63) is 29.3 Å². The summed E-state index contributed by atoms with van der Waals surface area (Å²) in [6.45, 7) is 3.69. The quantitative estimate of drug-likeness (QED) is 0.684. The van der Waals surface area contributed by atoms with Crippen LogP contribution >= 0.6 is 11.6 Å². The molecule has 0 aliphatic carbocycles. The molecule has 24 heavy (non-hydrogen) atoms. The molecule has 0 aromatic heterocycles. The Morgan fingerprint density at radius 3 is 2.50 bits per heavy atom. The minimum absolute atomic E-state index is 0.0336. The summed E-state index contributed by atoms with van der Waals surface area (Å²) in [6, 6.07) is 7.22. The van der Waals surface area contributed by atoms with Crippen molar-refractivity contribution < 1.29 is 17.9 Å². The van der Waals surface area contributed by atoms with E-state index in [2.05, 4.69) is 0 Å². The van der Waals surface area contributed by atoms with Gasteiger partial charge < -0.3 is 9.64 Å². The van der Waals surface area contributed by atoms with Crippen molar-refractivity contribution in [2.24, 2.45) is 0 Å². The molecule has 1 aliphatic heterocycles. The van der Waals surface area contributed by atoms with E-state index in [4.69, 9.17) is 16.3 Å². The molecular formula is C16H23ClN2O4S. The van der Waals surface area contributed by atoms with Crippen molar-refractivity contribution in [3.8, 4) is 5.75 Å². The Balaban J connectivity index is 1.70. The van der Waals surface area contributed by atoms with Crippen LogP contribution in [0, 0.1) is 0 Å². The van der Waals surface area contributed by atoms with Gasteiger partial charge in [-0.05, 0) is 25.5 Å². The van der Waals surface area contributed by atoms with E-state index in [1.54, 1.807) is 24.0 Å². The van der Waals surface area contributed by atoms with Gasteiger partial charge in [0.05, 0.1) is 17.4 Å². The predicted molar refractivity (Wildman–Crippen MR) is 93.8 cm³/mol. The van der Waals surface area contributed by atoms with E-state index < -0.39 is 10.0 Å². The second-order valence-electron chi connectivity index (χ2n) is 5.56. The number of ether oxygens (including phenoxy) is 1. The Bertz CT molecular complexity index is 658. The van der Waals surface area contributed by atoms with Gasteiger partial charge in [0.1, 0.15) is 5.75 Å². The molecule has 1 aromatic carbocycles. The fraction of sp³-hybridized carbons (Fsp3) is 0.562. The van der Waals surface area contributed by atoms with Crippen molar-refractivity contribution >= 4 is 27.5 Å². The Hall–Kier alpha value is -1.31. The van der Waals surface area contributed by atoms with Crippen LogP contribution in [0.4, 0.5) is 0 Å². The van der Waals surface area contributed by atoms with Gasteiger partial charge in [-0.2, -0.15) is 4.31 Å². The molecule has 1 aromatic rings. The van der Waals surface area contributed by atoms with Gasteiger partial charge in [-0.1, -0.05) is 23.7 Å². The SMILES string of the molecule is CCS(=O)(=O)N1CCN(C(=O)CCCOc2ccccc2Cl)CC1. The second-order valence-corrected chi connectivity index (χ2v) is 8.23. The highest BCUT2D eigenvalue weighted by Gasteiger charge is 2.27. The molecule has 8 heteroatoms. The maximum absolute atomic E-state index is 12.2. The van der Waals surface area contributed by atoms with Gasteiger partial charge in [-0.3, -0.25) is 4.79 Å². The monoisotopic (exact) mass is 374 g/mol. The zero-order valence-corrected chi connectivity index (χ0v) is 15.4. The van der Waals surface area contributed by atoms with Crippen LogP contribution in [0.3, 0.4) is 0 Å². The highest BCUT2D eigenvalue weighted by atomic mass is 35.5. The number of sulfonamides is 1. The molecule has 1 saturated heterocycles. The molecule has 0 bridgehead atoms. The normalized spacial score (nSPS) is 16.2. The maximum atomic E-state index is 12.2. The van der Waals surface area contributed by atoms with Crippen LogP contribution in [-0.4, -0.2) is 62.1 Å². The molecule has 134 valence electrons. The van der Waals surface area contributed by atoms with Crippen molar-refractivity contribution in [2.45, 2.75) is 19.8 Å². The highest BCUT2D eigenvalue weighted by molar-refractivity contribution is 7.89. The first-order valence-corrected chi connectivity index (χ1v) is 10.1. The number of hydrogen-bond acceptors (Lipinski definition) is 4. The lowest BCUT2D eigenvalue weighted by molar-refractivity contribution is -0.132. The molecule has 0 spiro atoms. The summed E-state index contributed by atoms with van der Waals surface area (Å²) < 4.78 is 30.6. The van der Waals surface area contributed by atoms with Gasteiger partial charge in [0.25, 0.3) is 0 Å². The number of carbonyl (C=O) groups is 1. The third-order valence-electron chi connectivity index (χ3n) is 3.98. The summed E-state index contributed by atoms with van der Waals surface area (Å²) in [5.41, 5.74) is 0. The largest absolute Gasteiger partial charge is 0.492 e. The number of amides is 1. The van der Waals surface area contributed by atoms with Crippen LogP contribution in [-0.2, 0) is 14.8 Å². The zero-order chi connectivity index (χ0) is 17.6. The van der Waals surface area contributed by atoms with Gasteiger partial charge >= 0.3 is 0 Å². The first kappa shape index (κ1) is 19.0. The Kier molecular flexibility index (Phi) is 6.89. The van der Waals surface area contributed by atoms with Crippen LogP contribution in [0.2, 0.25) is 5.02 Å². The molecule has 1 aliphatic rings. The van der Waals surface area contributed by atoms with E-state index in [0.29, 0.717) is 56.4 Å². The van der Waals surface area contributed by atoms with Crippen LogP contribution in [0.1, 0.15) is 19.8 Å². The van der Waals surface area contributed by atoms with Gasteiger partial charge in [0.15, 0.2) is 0 Å². The topological polar surface area (TPSA) is 66.9 Å². The third-order valence-corrected chi connectivity index (χ3v) is 6.17. The van der Waals surface area contributed by atoms with E-state index in [-0.39, 0.29) is 11.7 Å². The van der Waals surface area contributed by atoms with Crippen molar-refractivity contribution in [3.63, 3.8) is 0 Å². The fourth-order valence-electron chi connectivity index (χ4n) is 2.52. The maximum Gasteiger partial charge on any atom is 0.222 e. The molecule has 1 fully saturated rings. The Morgan fingerprint density at radius 2 is 1.88 bits per heavy atom. The van der Waals surface area contributed by atoms with Crippen LogP contribution in [0.25, 0.3) is 0 Å². The first-order valence-electron chi connectivity index (χ1n) is 8.07. The molecule has 0 N–H and O–H groups in total. The van der Waals surface area contributed by atoms with Gasteiger partial charge in [0, 0.05) is 32.6 Å². The number of para-hydroxylation sites is 1. The molecular weight excluding hydrogens is 352 g/mol. The highest BCUT2D eigenvalue weighted by Crippen LogP contribution is 2.23. The number of hydrogen-bond donors (Lipinski definition) is 0. The number of nitrogens with zero attached hydrogens (tertiary/aromatic N) is 2. The average Bonchev–Trinajstić information content (AvgIpc) is 2.60. The minimum Gasteiger partial charge on any atom is -0.492 e. The number of benzene rings is 1. The zero-order valence-electron chi connectivity index (χ0n) is 13.8. The number of carbonyl (C=O) groups excluding carboxylic acids is 1. The second kappa shape index (κ2) is 8.69. The molecule has 6 nitrogen and oxygen atoms in total. The number of halogens is 1. The van der Waals surface area contributed by atoms with Gasteiger partial charge in [-0.25, -0.2) is 8.42 Å². The lowest BCUT2D eigenvalue weighted by Crippen LogP contribution is -2.50. The van der Waals surface area contributed by atoms with E-state index in [1.807, 2.05) is 12.1 Å².